The first-order valence-corrected chi connectivity index (χ1v) is 13.3. The van der Waals surface area contributed by atoms with Crippen LogP contribution in [0.2, 0.25) is 0 Å². The number of hydrogen-bond acceptors (Lipinski definition) is 4. The van der Waals surface area contributed by atoms with Gasteiger partial charge in [0.05, 0.1) is 22.2 Å². The van der Waals surface area contributed by atoms with Gasteiger partial charge >= 0.3 is 6.18 Å². The van der Waals surface area contributed by atoms with Gasteiger partial charge in [-0.25, -0.2) is 8.42 Å². The van der Waals surface area contributed by atoms with E-state index in [0.29, 0.717) is 37.3 Å². The molecule has 3 rings (SSSR count). The van der Waals surface area contributed by atoms with Crippen LogP contribution in [0.4, 0.5) is 24.5 Å². The number of halogens is 3. The van der Waals surface area contributed by atoms with E-state index in [1.165, 1.54) is 10.4 Å². The van der Waals surface area contributed by atoms with Gasteiger partial charge < -0.3 is 10.2 Å². The fourth-order valence-electron chi connectivity index (χ4n) is 4.86. The Morgan fingerprint density at radius 3 is 2.36 bits per heavy atom. The van der Waals surface area contributed by atoms with E-state index in [1.54, 1.807) is 26.0 Å². The van der Waals surface area contributed by atoms with Crippen LogP contribution in [0.5, 0.6) is 0 Å². The van der Waals surface area contributed by atoms with Crippen molar-refractivity contribution in [1.29, 1.82) is 0 Å². The standard InChI is InChI=1S/C23H34F3N3O3S/c1-3-29(4-2)33(31,32)19-11-12-21(28-13-6-5-7-14-28)20(16-19)27-22(30)17-9-8-10-18(15-17)23(24,25)26/h11-12,16-18H,3-10,13-15H2,1-2H3,(H,27,30). The maximum absolute atomic E-state index is 13.2. The summed E-state index contributed by atoms with van der Waals surface area (Å²) in [5, 5.41) is 2.81. The molecular formula is C23H34F3N3O3S. The second kappa shape index (κ2) is 10.6. The minimum absolute atomic E-state index is 0.0455. The van der Waals surface area contributed by atoms with Crippen LogP contribution in [0, 0.1) is 11.8 Å². The van der Waals surface area contributed by atoms with Crippen LogP contribution in [0.3, 0.4) is 0 Å². The predicted molar refractivity (Wildman–Crippen MR) is 123 cm³/mol. The lowest BCUT2D eigenvalue weighted by Crippen LogP contribution is -2.35. The zero-order valence-electron chi connectivity index (χ0n) is 19.3. The van der Waals surface area contributed by atoms with E-state index in [4.69, 9.17) is 0 Å². The molecule has 1 heterocycles. The van der Waals surface area contributed by atoms with Crippen LogP contribution in [0.25, 0.3) is 0 Å². The molecule has 1 aliphatic heterocycles. The van der Waals surface area contributed by atoms with Crippen LogP contribution in [-0.4, -0.2) is 51.0 Å². The van der Waals surface area contributed by atoms with Gasteiger partial charge in [-0.1, -0.05) is 20.3 Å². The molecule has 1 aliphatic carbocycles. The summed E-state index contributed by atoms with van der Waals surface area (Å²) in [6.45, 7) is 5.71. The molecule has 0 spiro atoms. The number of anilines is 2. The number of sulfonamides is 1. The summed E-state index contributed by atoms with van der Waals surface area (Å²) in [7, 11) is -3.75. The number of carbonyl (C=O) groups excluding carboxylic acids is 1. The Bertz CT molecular complexity index is 927. The van der Waals surface area contributed by atoms with Gasteiger partial charge in [-0.15, -0.1) is 0 Å². The van der Waals surface area contributed by atoms with Crippen LogP contribution < -0.4 is 10.2 Å². The average molecular weight is 490 g/mol. The number of rotatable bonds is 7. The van der Waals surface area contributed by atoms with Crippen molar-refractivity contribution in [3.63, 3.8) is 0 Å². The van der Waals surface area contributed by atoms with Crippen molar-refractivity contribution in [3.8, 4) is 0 Å². The average Bonchev–Trinajstić information content (AvgIpc) is 2.79. The van der Waals surface area contributed by atoms with Crippen LogP contribution in [-0.2, 0) is 14.8 Å². The van der Waals surface area contributed by atoms with Gasteiger partial charge in [-0.2, -0.15) is 17.5 Å². The maximum Gasteiger partial charge on any atom is 0.391 e. The number of hydrogen-bond donors (Lipinski definition) is 1. The summed E-state index contributed by atoms with van der Waals surface area (Å²) in [5.74, 6) is -2.69. The highest BCUT2D eigenvalue weighted by molar-refractivity contribution is 7.89. The van der Waals surface area contributed by atoms with E-state index >= 15 is 0 Å². The highest BCUT2D eigenvalue weighted by atomic mass is 32.2. The summed E-state index contributed by atoms with van der Waals surface area (Å²) in [6.07, 6.45) is -0.670. The maximum atomic E-state index is 13.2. The van der Waals surface area contributed by atoms with Gasteiger partial charge in [0.25, 0.3) is 0 Å². The highest BCUT2D eigenvalue weighted by Gasteiger charge is 2.43. The molecule has 1 saturated heterocycles. The monoisotopic (exact) mass is 489 g/mol. The smallest absolute Gasteiger partial charge is 0.370 e. The van der Waals surface area contributed by atoms with Crippen LogP contribution in [0.1, 0.15) is 58.8 Å². The van der Waals surface area contributed by atoms with Gasteiger partial charge in [-0.3, -0.25) is 4.79 Å². The Morgan fingerprint density at radius 1 is 1.09 bits per heavy atom. The van der Waals surface area contributed by atoms with E-state index in [1.807, 2.05) is 0 Å². The number of nitrogens with zero attached hydrogens (tertiary/aromatic N) is 2. The molecule has 1 amide bonds. The zero-order chi connectivity index (χ0) is 24.2. The normalized spacial score (nSPS) is 22.4. The molecule has 186 valence electrons. The first-order valence-electron chi connectivity index (χ1n) is 11.8. The molecule has 2 atom stereocenters. The Balaban J connectivity index is 1.91. The van der Waals surface area contributed by atoms with E-state index in [-0.39, 0.29) is 17.7 Å². The van der Waals surface area contributed by atoms with Crippen LogP contribution in [0.15, 0.2) is 23.1 Å². The van der Waals surface area contributed by atoms with Gasteiger partial charge in [0.2, 0.25) is 15.9 Å². The largest absolute Gasteiger partial charge is 0.391 e. The summed E-state index contributed by atoms with van der Waals surface area (Å²) in [5.41, 5.74) is 1.06. The number of nitrogens with one attached hydrogen (secondary N) is 1. The van der Waals surface area contributed by atoms with Gasteiger partial charge in [-0.05, 0) is 56.7 Å². The minimum atomic E-state index is -4.31. The molecule has 2 unspecified atom stereocenters. The van der Waals surface area contributed by atoms with Crippen molar-refractivity contribution < 1.29 is 26.4 Å². The molecule has 2 aliphatic rings. The molecule has 0 bridgehead atoms. The fourth-order valence-corrected chi connectivity index (χ4v) is 6.34. The SMILES string of the molecule is CCN(CC)S(=O)(=O)c1ccc(N2CCCCC2)c(NC(=O)C2CCCC(C(F)(F)F)C2)c1. The minimum Gasteiger partial charge on any atom is -0.370 e. The molecule has 1 aromatic rings. The molecule has 2 fully saturated rings. The van der Waals surface area contributed by atoms with Crippen molar-refractivity contribution in [2.75, 3.05) is 36.4 Å². The zero-order valence-corrected chi connectivity index (χ0v) is 20.1. The lowest BCUT2D eigenvalue weighted by atomic mass is 9.80. The summed E-state index contributed by atoms with van der Waals surface area (Å²) in [4.78, 5) is 15.2. The van der Waals surface area contributed by atoms with Gasteiger partial charge in [0.15, 0.2) is 0 Å². The number of amides is 1. The number of alkyl halides is 3. The van der Waals surface area contributed by atoms with Gasteiger partial charge in [0, 0.05) is 32.1 Å². The summed E-state index contributed by atoms with van der Waals surface area (Å²) >= 11 is 0. The molecule has 0 radical (unpaired) electrons. The molecule has 6 nitrogen and oxygen atoms in total. The van der Waals surface area contributed by atoms with Crippen molar-refractivity contribution in [2.24, 2.45) is 11.8 Å². The number of carbonyl (C=O) groups is 1. The van der Waals surface area contributed by atoms with Crippen molar-refractivity contribution in [1.82, 2.24) is 4.31 Å². The second-order valence-corrected chi connectivity index (χ2v) is 10.8. The highest BCUT2D eigenvalue weighted by Crippen LogP contribution is 2.41. The van der Waals surface area contributed by atoms with Crippen molar-refractivity contribution >= 4 is 27.3 Å². The predicted octanol–water partition coefficient (Wildman–Crippen LogP) is 5.01. The van der Waals surface area contributed by atoms with Gasteiger partial charge in [0.1, 0.15) is 0 Å². The summed E-state index contributed by atoms with van der Waals surface area (Å²) in [6, 6.07) is 4.71. The first-order chi connectivity index (χ1) is 15.6. The molecule has 1 saturated carbocycles. The number of benzene rings is 1. The van der Waals surface area contributed by atoms with E-state index in [0.717, 1.165) is 32.4 Å². The Labute approximate surface area is 194 Å². The Hall–Kier alpha value is -1.81. The first kappa shape index (κ1) is 25.8. The third-order valence-corrected chi connectivity index (χ3v) is 8.82. The third kappa shape index (κ3) is 6.01. The lowest BCUT2D eigenvalue weighted by Gasteiger charge is -2.32. The Kier molecular flexibility index (Phi) is 8.31. The van der Waals surface area contributed by atoms with E-state index in [2.05, 4.69) is 10.2 Å². The molecule has 33 heavy (non-hydrogen) atoms. The lowest BCUT2D eigenvalue weighted by molar-refractivity contribution is -0.185. The molecular weight excluding hydrogens is 455 g/mol. The summed E-state index contributed by atoms with van der Waals surface area (Å²) < 4.78 is 67.1. The van der Waals surface area contributed by atoms with Crippen molar-refractivity contribution in [2.45, 2.75) is 69.9 Å². The van der Waals surface area contributed by atoms with Crippen molar-refractivity contribution in [3.05, 3.63) is 18.2 Å². The quantitative estimate of drug-likeness (QED) is 0.584. The molecule has 0 aromatic heterocycles. The fraction of sp³-hybridized carbons (Fsp3) is 0.696. The molecule has 1 N–H and O–H groups in total. The molecule has 1 aromatic carbocycles. The molecule has 10 heteroatoms. The van der Waals surface area contributed by atoms with Crippen LogP contribution >= 0.6 is 0 Å². The topological polar surface area (TPSA) is 69.7 Å². The van der Waals surface area contributed by atoms with E-state index in [9.17, 15) is 26.4 Å². The Morgan fingerprint density at radius 2 is 1.76 bits per heavy atom. The third-order valence-electron chi connectivity index (χ3n) is 6.77. The second-order valence-electron chi connectivity index (χ2n) is 8.91. The number of piperidine rings is 1. The van der Waals surface area contributed by atoms with E-state index < -0.39 is 33.9 Å².